The van der Waals surface area contributed by atoms with E-state index in [1.54, 1.807) is 25.3 Å². The quantitative estimate of drug-likeness (QED) is 0.552. The van der Waals surface area contributed by atoms with Gasteiger partial charge in [0.05, 0.1) is 20.9 Å². The molecule has 1 saturated carbocycles. The van der Waals surface area contributed by atoms with Crippen LogP contribution in [0.25, 0.3) is 10.4 Å². The van der Waals surface area contributed by atoms with Crippen LogP contribution in [-0.4, -0.2) is 44.5 Å². The van der Waals surface area contributed by atoms with Crippen LogP contribution in [0.2, 0.25) is 0 Å². The molecule has 1 fully saturated rings. The van der Waals surface area contributed by atoms with Gasteiger partial charge in [-0.1, -0.05) is 19.1 Å². The van der Waals surface area contributed by atoms with Crippen LogP contribution in [0.3, 0.4) is 0 Å². The number of ether oxygens (including phenoxy) is 1. The summed E-state index contributed by atoms with van der Waals surface area (Å²) in [5, 5.41) is 3.87. The van der Waals surface area contributed by atoms with Crippen molar-refractivity contribution < 1.29 is 22.7 Å². The van der Waals surface area contributed by atoms with Crippen LogP contribution in [0.15, 0.2) is 29.3 Å². The Morgan fingerprint density at radius 1 is 1.28 bits per heavy atom. The Morgan fingerprint density at radius 2 is 2.00 bits per heavy atom. The van der Waals surface area contributed by atoms with E-state index in [2.05, 4.69) is 15.0 Å². The first-order valence-corrected chi connectivity index (χ1v) is 13.1. The molecule has 1 aromatic carbocycles. The first kappa shape index (κ1) is 24.3. The molecule has 0 bridgehead atoms. The Bertz CT molecular complexity index is 1060. The molecule has 2 aromatic rings. The molecule has 174 valence electrons. The normalized spacial score (nSPS) is 19.0. The fraction of sp³-hybridized carbons (Fsp3) is 0.500. The summed E-state index contributed by atoms with van der Waals surface area (Å²) in [6, 6.07) is 4.75. The highest BCUT2D eigenvalue weighted by atomic mass is 32.2. The molecule has 1 heterocycles. The average Bonchev–Trinajstić information content (AvgIpc) is 3.23. The van der Waals surface area contributed by atoms with Crippen LogP contribution < -0.4 is 10.0 Å². The van der Waals surface area contributed by atoms with Crippen LogP contribution in [0.1, 0.15) is 67.7 Å². The summed E-state index contributed by atoms with van der Waals surface area (Å²) in [6.07, 6.45) is 5.23. The lowest BCUT2D eigenvalue weighted by Crippen LogP contribution is -2.38. The van der Waals surface area contributed by atoms with Gasteiger partial charge in [0.1, 0.15) is 6.29 Å². The van der Waals surface area contributed by atoms with E-state index in [0.29, 0.717) is 17.4 Å². The molecule has 1 amide bonds. The van der Waals surface area contributed by atoms with Crippen LogP contribution in [0.4, 0.5) is 4.79 Å². The monoisotopic (exact) mass is 479 g/mol. The number of thiazole rings is 1. The summed E-state index contributed by atoms with van der Waals surface area (Å²) in [6.45, 7) is 5.60. The summed E-state index contributed by atoms with van der Waals surface area (Å²) in [4.78, 5) is 28.4. The maximum absolute atomic E-state index is 12.7. The number of alkyl carbamates (subject to hydrolysis) is 1. The number of benzene rings is 1. The number of rotatable bonds is 8. The number of carbonyl (C=O) groups excluding carboxylic acids is 2. The molecule has 1 aliphatic carbocycles. The number of nitrogens with one attached hydrogen (secondary N) is 2. The van der Waals surface area contributed by atoms with Crippen LogP contribution >= 0.6 is 11.3 Å². The second-order valence-electron chi connectivity index (χ2n) is 8.08. The van der Waals surface area contributed by atoms with E-state index in [1.807, 2.05) is 13.8 Å². The lowest BCUT2D eigenvalue weighted by Gasteiger charge is -2.28. The molecule has 2 N–H and O–H groups in total. The highest BCUT2D eigenvalue weighted by molar-refractivity contribution is 7.89. The SMILES string of the molecule is CCNS(=O)(=O)c1cc(C=O)ccc1-c1cnc([C@H]2CC[C@H](NC(=O)OC(C)C)CC2)s1. The molecule has 1 aromatic heterocycles. The number of nitrogens with zero attached hydrogens (tertiary/aromatic N) is 1. The topological polar surface area (TPSA) is 114 Å². The van der Waals surface area contributed by atoms with Crippen molar-refractivity contribution in [2.45, 2.75) is 69.4 Å². The largest absolute Gasteiger partial charge is 0.447 e. The number of aldehydes is 1. The molecule has 0 aliphatic heterocycles. The van der Waals surface area contributed by atoms with Gasteiger partial charge in [0, 0.05) is 35.8 Å². The van der Waals surface area contributed by atoms with Gasteiger partial charge in [-0.2, -0.15) is 0 Å². The van der Waals surface area contributed by atoms with Crippen molar-refractivity contribution in [2.24, 2.45) is 0 Å². The first-order valence-electron chi connectivity index (χ1n) is 10.8. The van der Waals surface area contributed by atoms with Crippen molar-refractivity contribution in [1.29, 1.82) is 0 Å². The lowest BCUT2D eigenvalue weighted by atomic mass is 9.86. The van der Waals surface area contributed by atoms with Gasteiger partial charge < -0.3 is 10.1 Å². The van der Waals surface area contributed by atoms with Gasteiger partial charge in [-0.15, -0.1) is 11.3 Å². The zero-order valence-corrected chi connectivity index (χ0v) is 20.1. The third-order valence-corrected chi connectivity index (χ3v) is 8.07. The summed E-state index contributed by atoms with van der Waals surface area (Å²) >= 11 is 1.47. The average molecular weight is 480 g/mol. The number of aromatic nitrogens is 1. The number of hydrogen-bond donors (Lipinski definition) is 2. The van der Waals surface area contributed by atoms with E-state index in [1.165, 1.54) is 17.4 Å². The molecule has 1 aliphatic rings. The lowest BCUT2D eigenvalue weighted by molar-refractivity contribution is 0.109. The van der Waals surface area contributed by atoms with Gasteiger partial charge >= 0.3 is 6.09 Å². The highest BCUT2D eigenvalue weighted by Crippen LogP contribution is 2.39. The summed E-state index contributed by atoms with van der Waals surface area (Å²) in [7, 11) is -3.75. The van der Waals surface area contributed by atoms with Gasteiger partial charge in [0.15, 0.2) is 0 Å². The van der Waals surface area contributed by atoms with Crippen LogP contribution in [-0.2, 0) is 14.8 Å². The van der Waals surface area contributed by atoms with Crippen LogP contribution in [0, 0.1) is 0 Å². The Kier molecular flexibility index (Phi) is 8.02. The maximum Gasteiger partial charge on any atom is 0.407 e. The highest BCUT2D eigenvalue weighted by Gasteiger charge is 2.27. The number of hydrogen-bond acceptors (Lipinski definition) is 7. The fourth-order valence-corrected chi connectivity index (χ4v) is 6.29. The predicted molar refractivity (Wildman–Crippen MR) is 124 cm³/mol. The summed E-state index contributed by atoms with van der Waals surface area (Å²) in [5.41, 5.74) is 0.837. The number of carbonyl (C=O) groups is 2. The predicted octanol–water partition coefficient (Wildman–Crippen LogP) is 4.08. The van der Waals surface area contributed by atoms with Crippen molar-refractivity contribution in [3.8, 4) is 10.4 Å². The minimum absolute atomic E-state index is 0.0794. The standard InChI is InChI=1S/C22H29N3O5S2/c1-4-24-32(28,29)20-11-15(13-26)5-10-18(20)19-12-23-21(31-19)16-6-8-17(9-7-16)25-22(27)30-14(2)3/h5,10-14,16-17,24H,4,6-9H2,1-3H3,(H,25,27)/t16-,17-. The molecule has 3 rings (SSSR count). The molecular weight excluding hydrogens is 450 g/mol. The van der Waals surface area contributed by atoms with E-state index in [0.717, 1.165) is 35.6 Å². The van der Waals surface area contributed by atoms with Crippen molar-refractivity contribution in [2.75, 3.05) is 6.54 Å². The summed E-state index contributed by atoms with van der Waals surface area (Å²) < 4.78 is 33.1. The van der Waals surface area contributed by atoms with E-state index >= 15 is 0 Å². The smallest absolute Gasteiger partial charge is 0.407 e. The van der Waals surface area contributed by atoms with Gasteiger partial charge in [-0.05, 0) is 45.6 Å². The van der Waals surface area contributed by atoms with Crippen LogP contribution in [0.5, 0.6) is 0 Å². The summed E-state index contributed by atoms with van der Waals surface area (Å²) in [5.74, 6) is 0.260. The van der Waals surface area contributed by atoms with Gasteiger partial charge in [0.25, 0.3) is 0 Å². The molecule has 10 heteroatoms. The van der Waals surface area contributed by atoms with Gasteiger partial charge in [-0.3, -0.25) is 4.79 Å². The van der Waals surface area contributed by atoms with Gasteiger partial charge in [-0.25, -0.2) is 22.9 Å². The molecule has 0 atom stereocenters. The minimum atomic E-state index is -3.75. The molecule has 0 radical (unpaired) electrons. The maximum atomic E-state index is 12.7. The zero-order valence-electron chi connectivity index (χ0n) is 18.5. The Hall–Kier alpha value is -2.30. The van der Waals surface area contributed by atoms with E-state index in [9.17, 15) is 18.0 Å². The number of sulfonamides is 1. The second-order valence-corrected chi connectivity index (χ2v) is 10.9. The van der Waals surface area contributed by atoms with Gasteiger partial charge in [0.2, 0.25) is 10.0 Å². The van der Waals surface area contributed by atoms with E-state index in [4.69, 9.17) is 4.74 Å². The Balaban J connectivity index is 1.74. The Morgan fingerprint density at radius 3 is 2.62 bits per heavy atom. The molecule has 32 heavy (non-hydrogen) atoms. The number of amides is 1. The van der Waals surface area contributed by atoms with E-state index in [-0.39, 0.29) is 35.6 Å². The van der Waals surface area contributed by atoms with Crippen molar-refractivity contribution in [3.63, 3.8) is 0 Å². The fourth-order valence-electron chi connectivity index (χ4n) is 3.81. The van der Waals surface area contributed by atoms with Crippen molar-refractivity contribution in [1.82, 2.24) is 15.0 Å². The minimum Gasteiger partial charge on any atom is -0.447 e. The molecular formula is C22H29N3O5S2. The zero-order chi connectivity index (χ0) is 23.3. The van der Waals surface area contributed by atoms with Crippen molar-refractivity contribution in [3.05, 3.63) is 35.0 Å². The third-order valence-electron chi connectivity index (χ3n) is 5.30. The first-order chi connectivity index (χ1) is 15.2. The third kappa shape index (κ3) is 5.93. The van der Waals surface area contributed by atoms with Crippen molar-refractivity contribution >= 4 is 33.7 Å². The van der Waals surface area contributed by atoms with E-state index < -0.39 is 10.0 Å². The molecule has 0 spiro atoms. The molecule has 8 nitrogen and oxygen atoms in total. The molecule has 0 saturated heterocycles. The Labute approximate surface area is 192 Å². The molecule has 0 unspecified atom stereocenters. The second kappa shape index (κ2) is 10.5.